The summed E-state index contributed by atoms with van der Waals surface area (Å²) in [5, 5.41) is 9.36. The molecule has 0 aliphatic carbocycles. The van der Waals surface area contributed by atoms with Crippen molar-refractivity contribution in [3.63, 3.8) is 0 Å². The predicted molar refractivity (Wildman–Crippen MR) is 190 cm³/mol. The van der Waals surface area contributed by atoms with Crippen molar-refractivity contribution in [3.05, 3.63) is 144 Å². The normalized spacial score (nSPS) is 11.6. The van der Waals surface area contributed by atoms with Crippen LogP contribution in [0.2, 0.25) is 0 Å². The molecule has 9 aromatic rings. The topological polar surface area (TPSA) is 53.5 Å². The monoisotopic (exact) mass is 801 g/mol. The third-order valence-corrected chi connectivity index (χ3v) is 9.03. The van der Waals surface area contributed by atoms with Gasteiger partial charge in [0, 0.05) is 21.5 Å². The zero-order valence-corrected chi connectivity index (χ0v) is 29.2. The van der Waals surface area contributed by atoms with Crippen LogP contribution in [0.4, 0.5) is 0 Å². The zero-order valence-electron chi connectivity index (χ0n) is 26.9. The average molecular weight is 802 g/mol. The molecule has 0 radical (unpaired) electrons. The van der Waals surface area contributed by atoms with Crippen molar-refractivity contribution in [1.29, 1.82) is 0 Å². The van der Waals surface area contributed by atoms with Crippen molar-refractivity contribution in [2.24, 2.45) is 0 Å². The Hall–Kier alpha value is -5.32. The zero-order chi connectivity index (χ0) is 31.8. The first-order valence-electron chi connectivity index (χ1n) is 15.8. The Bertz CT molecular complexity index is 2660. The van der Waals surface area contributed by atoms with Crippen LogP contribution in [0.1, 0.15) is 22.5 Å². The number of para-hydroxylation sites is 3. The van der Waals surface area contributed by atoms with Crippen molar-refractivity contribution in [3.8, 4) is 28.5 Å². The van der Waals surface area contributed by atoms with Gasteiger partial charge in [-0.1, -0.05) is 59.8 Å². The summed E-state index contributed by atoms with van der Waals surface area (Å²) in [6, 6.07) is 45.2. The summed E-state index contributed by atoms with van der Waals surface area (Å²) in [7, 11) is 0. The molecule has 5 aromatic carbocycles. The van der Waals surface area contributed by atoms with E-state index >= 15 is 0 Å². The second-order valence-corrected chi connectivity index (χ2v) is 12.3. The number of benzene rings is 5. The summed E-state index contributed by atoms with van der Waals surface area (Å²) < 4.78 is 6.40. The molecular weight excluding hydrogens is 772 g/mol. The maximum Gasteiger partial charge on any atom is 2.00 e. The number of hydrogen-bond acceptors (Lipinski definition) is 3. The Morgan fingerprint density at radius 1 is 0.583 bits per heavy atom. The van der Waals surface area contributed by atoms with Crippen molar-refractivity contribution < 1.29 is 21.1 Å². The first kappa shape index (κ1) is 30.0. The molecule has 0 bridgehead atoms. The number of nitrogens with zero attached hydrogens (tertiary/aromatic N) is 6. The smallest absolute Gasteiger partial charge is 0.318 e. The van der Waals surface area contributed by atoms with Crippen molar-refractivity contribution in [2.75, 3.05) is 0 Å². The van der Waals surface area contributed by atoms with Gasteiger partial charge in [0.25, 0.3) is 0 Å². The molecule has 0 spiro atoms. The molecule has 6 nitrogen and oxygen atoms in total. The Balaban J connectivity index is 0.00000336. The molecule has 4 heterocycles. The largest absolute Gasteiger partial charge is 2.00 e. The van der Waals surface area contributed by atoms with E-state index in [9.17, 15) is 0 Å². The van der Waals surface area contributed by atoms with Gasteiger partial charge in [-0.05, 0) is 62.7 Å². The molecule has 7 heteroatoms. The Kier molecular flexibility index (Phi) is 7.15. The summed E-state index contributed by atoms with van der Waals surface area (Å²) in [6.45, 7) is 8.33. The van der Waals surface area contributed by atoms with Crippen LogP contribution >= 0.6 is 0 Å². The quantitative estimate of drug-likeness (QED) is 0.167. The summed E-state index contributed by atoms with van der Waals surface area (Å²) in [5.74, 6) is 1.47. The van der Waals surface area contributed by atoms with Crippen molar-refractivity contribution in [1.82, 2.24) is 28.9 Å². The standard InChI is InChI=1S/C41H30N6.Pt/c1-25-21-26(2)38(27(3)22-25)47-39(42-28(4)44-47)29-13-12-16-31(23-29)46-37-20-11-9-18-33(37)35-24-34-32-17-8-10-19-36(32)45(40(34)43-41(35)46)30-14-6-5-7-15-30;/h5-14,16-22,24H,1-4H3;/q-2;+2. The molecule has 0 N–H and O–H groups in total. The van der Waals surface area contributed by atoms with Gasteiger partial charge in [-0.25, -0.2) is 4.98 Å². The van der Waals surface area contributed by atoms with Gasteiger partial charge in [0.1, 0.15) is 17.1 Å². The Labute approximate surface area is 292 Å². The molecule has 0 aliphatic heterocycles. The van der Waals surface area contributed by atoms with Gasteiger partial charge in [-0.3, -0.25) is 9.67 Å². The molecular formula is C41H30N6Pt. The summed E-state index contributed by atoms with van der Waals surface area (Å²) >= 11 is 0. The van der Waals surface area contributed by atoms with Gasteiger partial charge in [0.2, 0.25) is 0 Å². The van der Waals surface area contributed by atoms with Crippen LogP contribution in [-0.2, 0) is 21.1 Å². The summed E-state index contributed by atoms with van der Waals surface area (Å²) in [6.07, 6.45) is 0. The minimum Gasteiger partial charge on any atom is -0.318 e. The van der Waals surface area contributed by atoms with E-state index in [4.69, 9.17) is 15.1 Å². The van der Waals surface area contributed by atoms with E-state index in [0.717, 1.165) is 83.4 Å². The van der Waals surface area contributed by atoms with Gasteiger partial charge in [0.05, 0.1) is 22.5 Å². The van der Waals surface area contributed by atoms with E-state index in [1.807, 2.05) is 29.8 Å². The van der Waals surface area contributed by atoms with E-state index in [0.29, 0.717) is 5.82 Å². The van der Waals surface area contributed by atoms with Gasteiger partial charge >= 0.3 is 21.1 Å². The predicted octanol–water partition coefficient (Wildman–Crippen LogP) is 9.36. The number of pyridine rings is 1. The molecule has 4 aromatic heterocycles. The molecule has 0 fully saturated rings. The van der Waals surface area contributed by atoms with Gasteiger partial charge < -0.3 is 9.13 Å². The maximum absolute atomic E-state index is 5.46. The fourth-order valence-corrected chi connectivity index (χ4v) is 7.23. The van der Waals surface area contributed by atoms with E-state index in [1.54, 1.807) is 0 Å². The van der Waals surface area contributed by atoms with Crippen LogP contribution in [0.25, 0.3) is 72.3 Å². The molecule has 0 saturated heterocycles. The van der Waals surface area contributed by atoms with E-state index in [1.165, 1.54) is 5.56 Å². The average Bonchev–Trinajstić information content (AvgIpc) is 3.73. The number of rotatable bonds is 4. The Morgan fingerprint density at radius 3 is 1.83 bits per heavy atom. The van der Waals surface area contributed by atoms with Gasteiger partial charge in [0.15, 0.2) is 0 Å². The van der Waals surface area contributed by atoms with Gasteiger partial charge in [-0.15, -0.1) is 35.9 Å². The minimum atomic E-state index is 0. The number of fused-ring (bicyclic) bond motifs is 6. The molecule has 0 atom stereocenters. The number of aryl methyl sites for hydroxylation is 4. The molecule has 48 heavy (non-hydrogen) atoms. The van der Waals surface area contributed by atoms with Crippen LogP contribution in [0.5, 0.6) is 0 Å². The molecule has 0 unspecified atom stereocenters. The van der Waals surface area contributed by atoms with E-state index in [2.05, 4.69) is 133 Å². The third-order valence-electron chi connectivity index (χ3n) is 9.03. The minimum absolute atomic E-state index is 0. The molecule has 0 aliphatic rings. The molecule has 9 rings (SSSR count). The van der Waals surface area contributed by atoms with Crippen LogP contribution in [-0.4, -0.2) is 28.9 Å². The summed E-state index contributed by atoms with van der Waals surface area (Å²) in [4.78, 5) is 10.4. The molecule has 234 valence electrons. The number of hydrogen-bond donors (Lipinski definition) is 0. The van der Waals surface area contributed by atoms with Crippen LogP contribution in [0.3, 0.4) is 0 Å². The van der Waals surface area contributed by atoms with Crippen LogP contribution in [0.15, 0.2) is 109 Å². The second kappa shape index (κ2) is 11.4. The Morgan fingerprint density at radius 2 is 1.19 bits per heavy atom. The summed E-state index contributed by atoms with van der Waals surface area (Å²) in [5.41, 5.74) is 11.2. The molecule has 0 amide bonds. The van der Waals surface area contributed by atoms with E-state index in [-0.39, 0.29) is 21.1 Å². The fourth-order valence-electron chi connectivity index (χ4n) is 7.23. The maximum atomic E-state index is 5.46. The third kappa shape index (κ3) is 4.55. The molecule has 0 saturated carbocycles. The second-order valence-electron chi connectivity index (χ2n) is 12.3. The van der Waals surface area contributed by atoms with Crippen molar-refractivity contribution in [2.45, 2.75) is 27.7 Å². The van der Waals surface area contributed by atoms with Gasteiger partial charge in [-0.2, -0.15) is 29.4 Å². The van der Waals surface area contributed by atoms with Crippen LogP contribution in [0, 0.1) is 39.8 Å². The van der Waals surface area contributed by atoms with Crippen molar-refractivity contribution >= 4 is 43.9 Å². The SMILES string of the molecule is Cc1cc(C)c(-n2nc(C)nc2-c2[c-]c(-n3c4ccccc4c4cc5c6ccccc6n(-c6[c-]cccc6)c5nc43)ccc2)c(C)c1.[Pt+2]. The first-order valence-corrected chi connectivity index (χ1v) is 15.8. The van der Waals surface area contributed by atoms with Crippen LogP contribution < -0.4 is 0 Å². The van der Waals surface area contributed by atoms with E-state index < -0.39 is 0 Å². The fraction of sp³-hybridized carbons (Fsp3) is 0.0976. The first-order chi connectivity index (χ1) is 23.0. The number of aromatic nitrogens is 6.